The number of nitrogens with zero attached hydrogens (tertiary/aromatic N) is 2. The molecule has 14 heavy (non-hydrogen) atoms. The third kappa shape index (κ3) is 2.07. The second-order valence-electron chi connectivity index (χ2n) is 3.68. The van der Waals surface area contributed by atoms with Gasteiger partial charge in [0.25, 0.3) is 0 Å². The van der Waals surface area contributed by atoms with Crippen LogP contribution in [0.15, 0.2) is 6.07 Å². The molecule has 1 aliphatic carbocycles. The SMILES string of the molecule is Cc1nc(CC(=O)O)cc(C2CC2)n1. The predicted molar refractivity (Wildman–Crippen MR) is 50.1 cm³/mol. The summed E-state index contributed by atoms with van der Waals surface area (Å²) in [4.78, 5) is 18.9. The summed E-state index contributed by atoms with van der Waals surface area (Å²) in [5, 5.41) is 8.64. The van der Waals surface area contributed by atoms with Gasteiger partial charge in [0, 0.05) is 11.6 Å². The molecule has 1 fully saturated rings. The van der Waals surface area contributed by atoms with E-state index < -0.39 is 5.97 Å². The van der Waals surface area contributed by atoms with Crippen LogP contribution in [0.1, 0.15) is 36.0 Å². The van der Waals surface area contributed by atoms with Gasteiger partial charge in [-0.2, -0.15) is 0 Å². The first-order valence-corrected chi connectivity index (χ1v) is 4.71. The van der Waals surface area contributed by atoms with Crippen molar-refractivity contribution in [2.75, 3.05) is 0 Å². The molecule has 0 aromatic carbocycles. The number of hydrogen-bond donors (Lipinski definition) is 1. The van der Waals surface area contributed by atoms with Crippen molar-refractivity contribution < 1.29 is 9.90 Å². The molecule has 4 nitrogen and oxygen atoms in total. The number of hydrogen-bond acceptors (Lipinski definition) is 3. The first kappa shape index (κ1) is 9.12. The van der Waals surface area contributed by atoms with Crippen molar-refractivity contribution in [1.29, 1.82) is 0 Å². The Morgan fingerprint density at radius 2 is 2.29 bits per heavy atom. The fourth-order valence-electron chi connectivity index (χ4n) is 1.49. The van der Waals surface area contributed by atoms with E-state index in [1.165, 1.54) is 12.8 Å². The van der Waals surface area contributed by atoms with Crippen LogP contribution in [0, 0.1) is 6.92 Å². The molecule has 1 N–H and O–H groups in total. The molecule has 0 atom stereocenters. The molecule has 0 aliphatic heterocycles. The lowest BCUT2D eigenvalue weighted by atomic mass is 10.2. The summed E-state index contributed by atoms with van der Waals surface area (Å²) in [7, 11) is 0. The molecule has 4 heteroatoms. The van der Waals surface area contributed by atoms with Gasteiger partial charge in [-0.25, -0.2) is 9.97 Å². The topological polar surface area (TPSA) is 63.1 Å². The van der Waals surface area contributed by atoms with E-state index in [4.69, 9.17) is 5.11 Å². The highest BCUT2D eigenvalue weighted by molar-refractivity contribution is 5.69. The van der Waals surface area contributed by atoms with Crippen LogP contribution in [-0.4, -0.2) is 21.0 Å². The molecule has 1 aromatic heterocycles. The van der Waals surface area contributed by atoms with Crippen LogP contribution < -0.4 is 0 Å². The second kappa shape index (κ2) is 3.36. The number of aliphatic carboxylic acids is 1. The highest BCUT2D eigenvalue weighted by Gasteiger charge is 2.25. The summed E-state index contributed by atoms with van der Waals surface area (Å²) >= 11 is 0. The van der Waals surface area contributed by atoms with Crippen molar-refractivity contribution in [2.24, 2.45) is 0 Å². The maximum atomic E-state index is 10.5. The van der Waals surface area contributed by atoms with Gasteiger partial charge in [0.1, 0.15) is 5.82 Å². The van der Waals surface area contributed by atoms with Gasteiger partial charge in [0.2, 0.25) is 0 Å². The fraction of sp³-hybridized carbons (Fsp3) is 0.500. The van der Waals surface area contributed by atoms with Crippen LogP contribution in [0.4, 0.5) is 0 Å². The summed E-state index contributed by atoms with van der Waals surface area (Å²) in [5.74, 6) is 0.375. The van der Waals surface area contributed by atoms with E-state index in [0.29, 0.717) is 17.4 Å². The molecule has 0 spiro atoms. The van der Waals surface area contributed by atoms with Crippen LogP contribution in [-0.2, 0) is 11.2 Å². The summed E-state index contributed by atoms with van der Waals surface area (Å²) in [5.41, 5.74) is 1.63. The average Bonchev–Trinajstić information content (AvgIpc) is 2.82. The van der Waals surface area contributed by atoms with E-state index >= 15 is 0 Å². The standard InChI is InChI=1S/C10H12N2O2/c1-6-11-8(5-10(13)14)4-9(12-6)7-2-3-7/h4,7H,2-3,5H2,1H3,(H,13,14). The first-order valence-electron chi connectivity index (χ1n) is 4.71. The molecule has 1 aliphatic rings. The van der Waals surface area contributed by atoms with E-state index in [9.17, 15) is 4.79 Å². The normalized spacial score (nSPS) is 15.5. The molecule has 0 saturated heterocycles. The number of aromatic nitrogens is 2. The maximum absolute atomic E-state index is 10.5. The molecule has 0 amide bonds. The van der Waals surface area contributed by atoms with E-state index in [-0.39, 0.29) is 6.42 Å². The fourth-order valence-corrected chi connectivity index (χ4v) is 1.49. The van der Waals surface area contributed by atoms with E-state index in [0.717, 1.165) is 5.69 Å². The summed E-state index contributed by atoms with van der Waals surface area (Å²) < 4.78 is 0. The van der Waals surface area contributed by atoms with Gasteiger partial charge in [-0.05, 0) is 25.8 Å². The molecule has 0 bridgehead atoms. The van der Waals surface area contributed by atoms with E-state index in [1.807, 2.05) is 6.07 Å². The Labute approximate surface area is 82.0 Å². The number of aryl methyl sites for hydroxylation is 1. The molecule has 1 saturated carbocycles. The molecule has 1 aromatic rings. The molecule has 74 valence electrons. The Hall–Kier alpha value is -1.45. The van der Waals surface area contributed by atoms with Gasteiger partial charge in [-0.3, -0.25) is 4.79 Å². The van der Waals surface area contributed by atoms with Gasteiger partial charge < -0.3 is 5.11 Å². The monoisotopic (exact) mass is 192 g/mol. The number of carboxylic acid groups (broad SMARTS) is 1. The second-order valence-corrected chi connectivity index (χ2v) is 3.68. The quantitative estimate of drug-likeness (QED) is 0.783. The third-order valence-electron chi connectivity index (χ3n) is 2.24. The molecule has 0 radical (unpaired) electrons. The predicted octanol–water partition coefficient (Wildman–Crippen LogP) is 1.29. The summed E-state index contributed by atoms with van der Waals surface area (Å²) in [6.07, 6.45) is 2.33. The Morgan fingerprint density at radius 3 is 2.86 bits per heavy atom. The zero-order valence-electron chi connectivity index (χ0n) is 8.03. The lowest BCUT2D eigenvalue weighted by molar-refractivity contribution is -0.136. The van der Waals surface area contributed by atoms with Gasteiger partial charge in [0.05, 0.1) is 12.1 Å². The molecular weight excluding hydrogens is 180 g/mol. The van der Waals surface area contributed by atoms with E-state index in [1.54, 1.807) is 6.92 Å². The van der Waals surface area contributed by atoms with Crippen LogP contribution >= 0.6 is 0 Å². The van der Waals surface area contributed by atoms with Gasteiger partial charge in [-0.1, -0.05) is 0 Å². The zero-order chi connectivity index (χ0) is 10.1. The maximum Gasteiger partial charge on any atom is 0.309 e. The Bertz CT molecular complexity index is 372. The van der Waals surface area contributed by atoms with Gasteiger partial charge in [0.15, 0.2) is 0 Å². The number of carbonyl (C=O) groups is 1. The van der Waals surface area contributed by atoms with Crippen molar-refractivity contribution in [2.45, 2.75) is 32.1 Å². The smallest absolute Gasteiger partial charge is 0.309 e. The first-order chi connectivity index (χ1) is 6.65. The zero-order valence-corrected chi connectivity index (χ0v) is 8.03. The Balaban J connectivity index is 2.26. The highest BCUT2D eigenvalue weighted by atomic mass is 16.4. The van der Waals surface area contributed by atoms with Crippen LogP contribution in [0.3, 0.4) is 0 Å². The minimum atomic E-state index is -0.843. The van der Waals surface area contributed by atoms with Crippen molar-refractivity contribution in [3.8, 4) is 0 Å². The molecular formula is C10H12N2O2. The van der Waals surface area contributed by atoms with Crippen LogP contribution in [0.5, 0.6) is 0 Å². The average molecular weight is 192 g/mol. The lowest BCUT2D eigenvalue weighted by Crippen LogP contribution is -2.05. The molecule has 2 rings (SSSR count). The molecule has 1 heterocycles. The van der Waals surface area contributed by atoms with E-state index in [2.05, 4.69) is 9.97 Å². The van der Waals surface area contributed by atoms with Gasteiger partial charge in [-0.15, -0.1) is 0 Å². The van der Waals surface area contributed by atoms with Crippen molar-refractivity contribution in [1.82, 2.24) is 9.97 Å². The van der Waals surface area contributed by atoms with Crippen molar-refractivity contribution in [3.63, 3.8) is 0 Å². The van der Waals surface area contributed by atoms with Crippen molar-refractivity contribution in [3.05, 3.63) is 23.3 Å². The largest absolute Gasteiger partial charge is 0.481 e. The third-order valence-corrected chi connectivity index (χ3v) is 2.24. The number of carboxylic acids is 1. The Morgan fingerprint density at radius 1 is 1.57 bits per heavy atom. The number of rotatable bonds is 3. The highest BCUT2D eigenvalue weighted by Crippen LogP contribution is 2.39. The molecule has 0 unspecified atom stereocenters. The Kier molecular flexibility index (Phi) is 2.19. The van der Waals surface area contributed by atoms with Gasteiger partial charge >= 0.3 is 5.97 Å². The van der Waals surface area contributed by atoms with Crippen LogP contribution in [0.25, 0.3) is 0 Å². The minimum Gasteiger partial charge on any atom is -0.481 e. The minimum absolute atomic E-state index is 0.0108. The van der Waals surface area contributed by atoms with Crippen LogP contribution in [0.2, 0.25) is 0 Å². The summed E-state index contributed by atoms with van der Waals surface area (Å²) in [6.45, 7) is 1.80. The van der Waals surface area contributed by atoms with Crippen molar-refractivity contribution >= 4 is 5.97 Å². The lowest BCUT2D eigenvalue weighted by Gasteiger charge is -2.02. The summed E-state index contributed by atoms with van der Waals surface area (Å²) in [6, 6.07) is 1.82.